The molecule has 0 saturated heterocycles. The molecule has 0 aliphatic heterocycles. The van der Waals surface area contributed by atoms with Crippen molar-refractivity contribution in [1.82, 2.24) is 0 Å². The highest BCUT2D eigenvalue weighted by Crippen LogP contribution is 2.23. The van der Waals surface area contributed by atoms with Crippen LogP contribution >= 0.6 is 0 Å². The van der Waals surface area contributed by atoms with E-state index >= 15 is 0 Å². The summed E-state index contributed by atoms with van der Waals surface area (Å²) in [6, 6.07) is 3.23. The lowest BCUT2D eigenvalue weighted by atomic mass is 10.1. The Hall–Kier alpha value is -1.71. The topological polar surface area (TPSA) is 78.3 Å². The van der Waals surface area contributed by atoms with Crippen molar-refractivity contribution in [2.24, 2.45) is 0 Å². The minimum Gasteiger partial charge on any atom is -0.462 e. The summed E-state index contributed by atoms with van der Waals surface area (Å²) in [6.07, 6.45) is 0. The second kappa shape index (κ2) is 4.00. The molecule has 1 aromatic carbocycles. The average molecular weight is 194 g/mol. The van der Waals surface area contributed by atoms with Crippen molar-refractivity contribution >= 4 is 17.3 Å². The van der Waals surface area contributed by atoms with Gasteiger partial charge in [0.1, 0.15) is 0 Å². The molecule has 0 aliphatic carbocycles. The van der Waals surface area contributed by atoms with Gasteiger partial charge in [0, 0.05) is 0 Å². The molecule has 1 aromatic rings. The first-order valence-electron chi connectivity index (χ1n) is 4.39. The molecule has 0 atom stereocenters. The quantitative estimate of drug-likeness (QED) is 0.550. The molecule has 76 valence electrons. The third kappa shape index (κ3) is 1.79. The number of hydrogen-bond acceptors (Lipinski definition) is 4. The maximum absolute atomic E-state index is 11.4. The second-order valence-electron chi connectivity index (χ2n) is 2.96. The first kappa shape index (κ1) is 10.4. The van der Waals surface area contributed by atoms with Gasteiger partial charge in [0.05, 0.1) is 23.5 Å². The highest BCUT2D eigenvalue weighted by atomic mass is 16.5. The van der Waals surface area contributed by atoms with E-state index in [9.17, 15) is 4.79 Å². The van der Waals surface area contributed by atoms with Gasteiger partial charge in [0.25, 0.3) is 0 Å². The number of anilines is 2. The number of hydrogen-bond donors (Lipinski definition) is 2. The number of benzene rings is 1. The molecule has 0 aromatic heterocycles. The van der Waals surface area contributed by atoms with Crippen molar-refractivity contribution in [2.75, 3.05) is 18.1 Å². The fourth-order valence-corrected chi connectivity index (χ4v) is 1.18. The Balaban J connectivity index is 3.11. The van der Waals surface area contributed by atoms with Crippen LogP contribution in [0.1, 0.15) is 22.8 Å². The smallest absolute Gasteiger partial charge is 0.338 e. The zero-order chi connectivity index (χ0) is 10.7. The Bertz CT molecular complexity index is 361. The molecule has 0 fully saturated rings. The Kier molecular flexibility index (Phi) is 2.96. The van der Waals surface area contributed by atoms with Gasteiger partial charge >= 0.3 is 5.97 Å². The standard InChI is InChI=1S/C10H14N2O2/c1-3-14-10(13)7-4-5-8(11)9(12)6(7)2/h4-5H,3,11-12H2,1-2H3. The van der Waals surface area contributed by atoms with Gasteiger partial charge in [0.15, 0.2) is 0 Å². The number of carbonyl (C=O) groups is 1. The minimum atomic E-state index is -0.364. The van der Waals surface area contributed by atoms with Gasteiger partial charge in [-0.1, -0.05) is 0 Å². The summed E-state index contributed by atoms with van der Waals surface area (Å²) >= 11 is 0. The first-order chi connectivity index (χ1) is 6.57. The minimum absolute atomic E-state index is 0.350. The Morgan fingerprint density at radius 2 is 2.07 bits per heavy atom. The van der Waals surface area contributed by atoms with Crippen LogP contribution in [0.3, 0.4) is 0 Å². The predicted octanol–water partition coefficient (Wildman–Crippen LogP) is 1.34. The van der Waals surface area contributed by atoms with Crippen molar-refractivity contribution in [2.45, 2.75) is 13.8 Å². The zero-order valence-corrected chi connectivity index (χ0v) is 8.33. The summed E-state index contributed by atoms with van der Waals surface area (Å²) in [7, 11) is 0. The summed E-state index contributed by atoms with van der Waals surface area (Å²) in [5.74, 6) is -0.364. The molecule has 0 spiro atoms. The predicted molar refractivity (Wildman–Crippen MR) is 56.0 cm³/mol. The van der Waals surface area contributed by atoms with Crippen molar-refractivity contribution in [3.05, 3.63) is 23.3 Å². The number of nitrogens with two attached hydrogens (primary N) is 2. The van der Waals surface area contributed by atoms with Crippen LogP contribution in [0.5, 0.6) is 0 Å². The monoisotopic (exact) mass is 194 g/mol. The fraction of sp³-hybridized carbons (Fsp3) is 0.300. The van der Waals surface area contributed by atoms with Crippen LogP contribution in [0.4, 0.5) is 11.4 Å². The van der Waals surface area contributed by atoms with Crippen LogP contribution < -0.4 is 11.5 Å². The summed E-state index contributed by atoms with van der Waals surface area (Å²) in [5.41, 5.74) is 13.3. The van der Waals surface area contributed by atoms with Gasteiger partial charge in [0.2, 0.25) is 0 Å². The Morgan fingerprint density at radius 1 is 1.43 bits per heavy atom. The molecule has 0 bridgehead atoms. The van der Waals surface area contributed by atoms with E-state index in [0.29, 0.717) is 29.1 Å². The number of carbonyl (C=O) groups excluding carboxylic acids is 1. The molecule has 0 saturated carbocycles. The normalized spacial score (nSPS) is 9.86. The molecular formula is C10H14N2O2. The molecule has 0 heterocycles. The summed E-state index contributed by atoms with van der Waals surface area (Å²) in [4.78, 5) is 11.4. The van der Waals surface area contributed by atoms with E-state index in [1.54, 1.807) is 26.0 Å². The van der Waals surface area contributed by atoms with Gasteiger partial charge in [-0.15, -0.1) is 0 Å². The van der Waals surface area contributed by atoms with Crippen molar-refractivity contribution in [3.8, 4) is 0 Å². The fourth-order valence-electron chi connectivity index (χ4n) is 1.18. The van der Waals surface area contributed by atoms with Gasteiger partial charge in [-0.05, 0) is 31.5 Å². The molecule has 0 radical (unpaired) electrons. The van der Waals surface area contributed by atoms with Crippen LogP contribution in [-0.2, 0) is 4.74 Å². The molecule has 0 unspecified atom stereocenters. The second-order valence-corrected chi connectivity index (χ2v) is 2.96. The molecule has 4 heteroatoms. The SMILES string of the molecule is CCOC(=O)c1ccc(N)c(N)c1C. The summed E-state index contributed by atoms with van der Waals surface area (Å²) in [5, 5.41) is 0. The lowest BCUT2D eigenvalue weighted by Gasteiger charge is -2.09. The third-order valence-electron chi connectivity index (χ3n) is 2.04. The molecule has 4 N–H and O–H groups in total. The lowest BCUT2D eigenvalue weighted by molar-refractivity contribution is 0.0525. The molecule has 4 nitrogen and oxygen atoms in total. The Morgan fingerprint density at radius 3 is 2.64 bits per heavy atom. The summed E-state index contributed by atoms with van der Waals surface area (Å²) in [6.45, 7) is 3.86. The number of ether oxygens (including phenoxy) is 1. The van der Waals surface area contributed by atoms with Gasteiger partial charge < -0.3 is 16.2 Å². The average Bonchev–Trinajstić information content (AvgIpc) is 2.15. The van der Waals surface area contributed by atoms with E-state index in [0.717, 1.165) is 0 Å². The molecule has 14 heavy (non-hydrogen) atoms. The number of esters is 1. The molecular weight excluding hydrogens is 180 g/mol. The highest BCUT2D eigenvalue weighted by Gasteiger charge is 2.12. The van der Waals surface area contributed by atoms with E-state index in [1.165, 1.54) is 0 Å². The summed E-state index contributed by atoms with van der Waals surface area (Å²) < 4.78 is 4.87. The van der Waals surface area contributed by atoms with E-state index in [4.69, 9.17) is 16.2 Å². The van der Waals surface area contributed by atoms with Crippen LogP contribution in [-0.4, -0.2) is 12.6 Å². The van der Waals surface area contributed by atoms with Crippen LogP contribution in [0.25, 0.3) is 0 Å². The van der Waals surface area contributed by atoms with Gasteiger partial charge in [-0.2, -0.15) is 0 Å². The van der Waals surface area contributed by atoms with E-state index in [1.807, 2.05) is 0 Å². The zero-order valence-electron chi connectivity index (χ0n) is 8.33. The number of rotatable bonds is 2. The lowest BCUT2D eigenvalue weighted by Crippen LogP contribution is -2.09. The molecule has 1 rings (SSSR count). The maximum atomic E-state index is 11.4. The van der Waals surface area contributed by atoms with E-state index in [-0.39, 0.29) is 5.97 Å². The van der Waals surface area contributed by atoms with Gasteiger partial charge in [-0.25, -0.2) is 4.79 Å². The van der Waals surface area contributed by atoms with E-state index < -0.39 is 0 Å². The van der Waals surface area contributed by atoms with E-state index in [2.05, 4.69) is 0 Å². The van der Waals surface area contributed by atoms with Gasteiger partial charge in [-0.3, -0.25) is 0 Å². The largest absolute Gasteiger partial charge is 0.462 e. The first-order valence-corrected chi connectivity index (χ1v) is 4.39. The number of nitrogen functional groups attached to an aromatic ring is 2. The van der Waals surface area contributed by atoms with Crippen molar-refractivity contribution < 1.29 is 9.53 Å². The third-order valence-corrected chi connectivity index (χ3v) is 2.04. The Labute approximate surface area is 82.8 Å². The molecule has 0 amide bonds. The van der Waals surface area contributed by atoms with Crippen LogP contribution in [0.15, 0.2) is 12.1 Å². The van der Waals surface area contributed by atoms with Crippen molar-refractivity contribution in [1.29, 1.82) is 0 Å². The highest BCUT2D eigenvalue weighted by molar-refractivity contribution is 5.94. The van der Waals surface area contributed by atoms with Crippen LogP contribution in [0.2, 0.25) is 0 Å². The van der Waals surface area contributed by atoms with Crippen LogP contribution in [0, 0.1) is 6.92 Å². The maximum Gasteiger partial charge on any atom is 0.338 e. The van der Waals surface area contributed by atoms with Crippen molar-refractivity contribution in [3.63, 3.8) is 0 Å². The molecule has 0 aliphatic rings.